The molecule has 0 saturated carbocycles. The van der Waals surface area contributed by atoms with Crippen LogP contribution in [0.15, 0.2) is 59.1 Å². The van der Waals surface area contributed by atoms with Gasteiger partial charge < -0.3 is 0 Å². The molecule has 0 amide bonds. The zero-order valence-electron chi connectivity index (χ0n) is 11.4. The maximum absolute atomic E-state index is 12.8. The summed E-state index contributed by atoms with van der Waals surface area (Å²) in [5, 5.41) is 2.55. The summed E-state index contributed by atoms with van der Waals surface area (Å²) >= 11 is 9.59. The smallest absolute Gasteiger partial charge is 0.193 e. The summed E-state index contributed by atoms with van der Waals surface area (Å²) in [6, 6.07) is 17.1. The third-order valence-corrected chi connectivity index (χ3v) is 4.33. The lowest BCUT2D eigenvalue weighted by atomic mass is 9.96. The maximum atomic E-state index is 12.8. The molecule has 0 atom stereocenters. The fourth-order valence-corrected chi connectivity index (χ4v) is 3.25. The van der Waals surface area contributed by atoms with E-state index in [1.807, 2.05) is 55.5 Å². The predicted molar refractivity (Wildman–Crippen MR) is 91.3 cm³/mol. The molecule has 0 aliphatic rings. The van der Waals surface area contributed by atoms with E-state index in [2.05, 4.69) is 15.9 Å². The lowest BCUT2D eigenvalue weighted by Crippen LogP contribution is -2.03. The Morgan fingerprint density at radius 2 is 1.71 bits per heavy atom. The third-order valence-electron chi connectivity index (χ3n) is 3.42. The average Bonchev–Trinajstić information content (AvgIpc) is 2.46. The van der Waals surface area contributed by atoms with E-state index >= 15 is 0 Å². The van der Waals surface area contributed by atoms with Gasteiger partial charge in [-0.1, -0.05) is 51.8 Å². The fraction of sp³-hybridized carbons (Fsp3) is 0.0556. The summed E-state index contributed by atoms with van der Waals surface area (Å²) in [4.78, 5) is 12.8. The Bertz CT molecular complexity index is 835. The van der Waals surface area contributed by atoms with E-state index in [9.17, 15) is 4.79 Å². The molecule has 3 rings (SSSR count). The van der Waals surface area contributed by atoms with Crippen molar-refractivity contribution >= 4 is 44.1 Å². The van der Waals surface area contributed by atoms with Crippen LogP contribution in [0.5, 0.6) is 0 Å². The van der Waals surface area contributed by atoms with Crippen molar-refractivity contribution in [2.24, 2.45) is 0 Å². The van der Waals surface area contributed by atoms with Crippen LogP contribution in [0.1, 0.15) is 21.5 Å². The Hall–Kier alpha value is -1.64. The molecular weight excluding hydrogens is 348 g/mol. The lowest BCUT2D eigenvalue weighted by molar-refractivity contribution is 0.104. The summed E-state index contributed by atoms with van der Waals surface area (Å²) in [7, 11) is 0. The number of benzene rings is 3. The van der Waals surface area contributed by atoms with Gasteiger partial charge in [-0.15, -0.1) is 0 Å². The number of carbonyl (C=O) groups excluding carboxylic acids is 1. The second-order valence-corrected chi connectivity index (χ2v) is 6.28. The first kappa shape index (κ1) is 14.3. The standard InChI is InChI=1S/C18H12BrClO/c1-11-8-12(10-13(20)9-11)18(21)16-6-7-17(19)15-5-3-2-4-14(15)16/h2-10H,1H3. The van der Waals surface area contributed by atoms with Gasteiger partial charge in [0.05, 0.1) is 0 Å². The number of halogens is 2. The van der Waals surface area contributed by atoms with Crippen molar-refractivity contribution in [1.29, 1.82) is 0 Å². The van der Waals surface area contributed by atoms with Crippen molar-refractivity contribution in [1.82, 2.24) is 0 Å². The number of ketones is 1. The van der Waals surface area contributed by atoms with E-state index in [0.717, 1.165) is 20.8 Å². The summed E-state index contributed by atoms with van der Waals surface area (Å²) in [5.74, 6) is -0.00991. The van der Waals surface area contributed by atoms with Crippen LogP contribution in [0, 0.1) is 6.92 Å². The first-order chi connectivity index (χ1) is 10.1. The molecule has 0 heterocycles. The number of hydrogen-bond acceptors (Lipinski definition) is 1. The molecule has 3 aromatic rings. The van der Waals surface area contributed by atoms with E-state index in [-0.39, 0.29) is 5.78 Å². The molecule has 0 N–H and O–H groups in total. The van der Waals surface area contributed by atoms with Crippen molar-refractivity contribution in [3.63, 3.8) is 0 Å². The summed E-state index contributed by atoms with van der Waals surface area (Å²) in [6.07, 6.45) is 0. The van der Waals surface area contributed by atoms with Gasteiger partial charge in [0.2, 0.25) is 0 Å². The van der Waals surface area contributed by atoms with Gasteiger partial charge >= 0.3 is 0 Å². The largest absolute Gasteiger partial charge is 0.289 e. The highest BCUT2D eigenvalue weighted by molar-refractivity contribution is 9.10. The van der Waals surface area contributed by atoms with Crippen LogP contribution < -0.4 is 0 Å². The summed E-state index contributed by atoms with van der Waals surface area (Å²) < 4.78 is 0.983. The highest BCUT2D eigenvalue weighted by Gasteiger charge is 2.14. The molecule has 0 unspecified atom stereocenters. The molecule has 21 heavy (non-hydrogen) atoms. The molecule has 1 nitrogen and oxygen atoms in total. The molecule has 0 aliphatic carbocycles. The Labute approximate surface area is 136 Å². The van der Waals surface area contributed by atoms with E-state index < -0.39 is 0 Å². The van der Waals surface area contributed by atoms with Crippen LogP contribution in [-0.2, 0) is 0 Å². The Kier molecular flexibility index (Phi) is 3.83. The van der Waals surface area contributed by atoms with Gasteiger partial charge in [-0.05, 0) is 53.6 Å². The first-order valence-corrected chi connectivity index (χ1v) is 7.72. The minimum atomic E-state index is -0.00991. The van der Waals surface area contributed by atoms with E-state index in [1.54, 1.807) is 6.07 Å². The zero-order chi connectivity index (χ0) is 15.0. The van der Waals surface area contributed by atoms with Gasteiger partial charge in [-0.2, -0.15) is 0 Å². The molecule has 3 aromatic carbocycles. The third kappa shape index (κ3) is 2.74. The van der Waals surface area contributed by atoms with E-state index in [1.165, 1.54) is 0 Å². The van der Waals surface area contributed by atoms with Crippen LogP contribution >= 0.6 is 27.5 Å². The van der Waals surface area contributed by atoms with Gasteiger partial charge in [0.25, 0.3) is 0 Å². The highest BCUT2D eigenvalue weighted by Crippen LogP contribution is 2.29. The quantitative estimate of drug-likeness (QED) is 0.529. The Morgan fingerprint density at radius 3 is 2.43 bits per heavy atom. The van der Waals surface area contributed by atoms with Crippen molar-refractivity contribution in [3.05, 3.63) is 80.8 Å². The van der Waals surface area contributed by atoms with E-state index in [4.69, 9.17) is 11.6 Å². The van der Waals surface area contributed by atoms with Gasteiger partial charge in [0, 0.05) is 20.6 Å². The van der Waals surface area contributed by atoms with Gasteiger partial charge in [0.15, 0.2) is 5.78 Å². The number of carbonyl (C=O) groups is 1. The molecule has 0 radical (unpaired) electrons. The van der Waals surface area contributed by atoms with Crippen molar-refractivity contribution in [3.8, 4) is 0 Å². The van der Waals surface area contributed by atoms with Crippen LogP contribution in [0.25, 0.3) is 10.8 Å². The molecule has 0 spiro atoms. The molecule has 0 saturated heterocycles. The van der Waals surface area contributed by atoms with Crippen LogP contribution in [0.3, 0.4) is 0 Å². The van der Waals surface area contributed by atoms with Gasteiger partial charge in [-0.25, -0.2) is 0 Å². The second kappa shape index (κ2) is 5.63. The van der Waals surface area contributed by atoms with E-state index in [0.29, 0.717) is 16.1 Å². The molecule has 104 valence electrons. The molecular formula is C18H12BrClO. The minimum Gasteiger partial charge on any atom is -0.289 e. The molecule has 0 fully saturated rings. The molecule has 3 heteroatoms. The number of aryl methyl sites for hydroxylation is 1. The monoisotopic (exact) mass is 358 g/mol. The predicted octanol–water partition coefficient (Wildman–Crippen LogP) is 5.80. The highest BCUT2D eigenvalue weighted by atomic mass is 79.9. The Morgan fingerprint density at radius 1 is 1.00 bits per heavy atom. The zero-order valence-corrected chi connectivity index (χ0v) is 13.7. The first-order valence-electron chi connectivity index (χ1n) is 6.55. The summed E-state index contributed by atoms with van der Waals surface area (Å²) in [6.45, 7) is 1.93. The molecule has 0 bridgehead atoms. The van der Waals surface area contributed by atoms with Gasteiger partial charge in [-0.3, -0.25) is 4.79 Å². The SMILES string of the molecule is Cc1cc(Cl)cc(C(=O)c2ccc(Br)c3ccccc23)c1. The topological polar surface area (TPSA) is 17.1 Å². The second-order valence-electron chi connectivity index (χ2n) is 4.99. The average molecular weight is 360 g/mol. The van der Waals surface area contributed by atoms with Crippen molar-refractivity contribution in [2.75, 3.05) is 0 Å². The van der Waals surface area contributed by atoms with Crippen molar-refractivity contribution < 1.29 is 4.79 Å². The number of hydrogen-bond donors (Lipinski definition) is 0. The van der Waals surface area contributed by atoms with Crippen LogP contribution in [0.2, 0.25) is 5.02 Å². The van der Waals surface area contributed by atoms with Crippen LogP contribution in [0.4, 0.5) is 0 Å². The van der Waals surface area contributed by atoms with Crippen molar-refractivity contribution in [2.45, 2.75) is 6.92 Å². The fourth-order valence-electron chi connectivity index (χ4n) is 2.48. The maximum Gasteiger partial charge on any atom is 0.193 e. The van der Waals surface area contributed by atoms with Crippen LogP contribution in [-0.4, -0.2) is 5.78 Å². The number of fused-ring (bicyclic) bond motifs is 1. The minimum absolute atomic E-state index is 0.00991. The normalized spacial score (nSPS) is 10.8. The molecule has 0 aromatic heterocycles. The number of rotatable bonds is 2. The molecule has 0 aliphatic heterocycles. The lowest BCUT2D eigenvalue weighted by Gasteiger charge is -2.08. The summed E-state index contributed by atoms with van der Waals surface area (Å²) in [5.41, 5.74) is 2.29. The Balaban J connectivity index is 2.20. The van der Waals surface area contributed by atoms with Gasteiger partial charge in [0.1, 0.15) is 0 Å².